The summed E-state index contributed by atoms with van der Waals surface area (Å²) in [5, 5.41) is 3.18. The molecule has 1 amide bonds. The number of hydrogen-bond donors (Lipinski definition) is 1. The van der Waals surface area contributed by atoms with Gasteiger partial charge in [0, 0.05) is 12.6 Å². The van der Waals surface area contributed by atoms with E-state index >= 15 is 0 Å². The van der Waals surface area contributed by atoms with Crippen LogP contribution in [0, 0.1) is 5.92 Å². The van der Waals surface area contributed by atoms with Gasteiger partial charge in [0.25, 0.3) is 0 Å². The first kappa shape index (κ1) is 12.5. The molecule has 0 saturated carbocycles. The van der Waals surface area contributed by atoms with Gasteiger partial charge in [0.05, 0.1) is 6.54 Å². The van der Waals surface area contributed by atoms with E-state index in [-0.39, 0.29) is 5.91 Å². The summed E-state index contributed by atoms with van der Waals surface area (Å²) in [6.07, 6.45) is 3.43. The van der Waals surface area contributed by atoms with Crippen LogP contribution >= 0.6 is 0 Å². The van der Waals surface area contributed by atoms with E-state index in [4.69, 9.17) is 0 Å². The van der Waals surface area contributed by atoms with Crippen LogP contribution < -0.4 is 5.32 Å². The summed E-state index contributed by atoms with van der Waals surface area (Å²) in [5.74, 6) is 0.863. The number of rotatable bonds is 5. The highest BCUT2D eigenvalue weighted by atomic mass is 16.2. The Morgan fingerprint density at radius 3 is 2.87 bits per heavy atom. The van der Waals surface area contributed by atoms with Crippen molar-refractivity contribution in [3.05, 3.63) is 0 Å². The third kappa shape index (κ3) is 3.49. The standard InChI is InChI=1S/C12H24N2O/c1-4-7-13-9-12(15)14-8-5-6-11(14)10(2)3/h10-11,13H,4-9H2,1-3H3. The second-order valence-corrected chi connectivity index (χ2v) is 4.72. The average Bonchev–Trinajstić information content (AvgIpc) is 2.66. The van der Waals surface area contributed by atoms with Gasteiger partial charge in [0.15, 0.2) is 0 Å². The van der Waals surface area contributed by atoms with Crippen molar-refractivity contribution in [1.82, 2.24) is 10.2 Å². The van der Waals surface area contributed by atoms with Gasteiger partial charge in [-0.15, -0.1) is 0 Å². The SMILES string of the molecule is CCCNCC(=O)N1CCCC1C(C)C. The third-order valence-electron chi connectivity index (χ3n) is 3.09. The number of nitrogens with one attached hydrogen (secondary N) is 1. The molecule has 1 N–H and O–H groups in total. The fourth-order valence-corrected chi connectivity index (χ4v) is 2.27. The molecule has 1 saturated heterocycles. The fourth-order valence-electron chi connectivity index (χ4n) is 2.27. The Kier molecular flexibility index (Phi) is 5.09. The monoisotopic (exact) mass is 212 g/mol. The predicted octanol–water partition coefficient (Wildman–Crippen LogP) is 1.63. The highest BCUT2D eigenvalue weighted by Gasteiger charge is 2.29. The Balaban J connectivity index is 2.37. The number of likely N-dealkylation sites (tertiary alicyclic amines) is 1. The second kappa shape index (κ2) is 6.11. The lowest BCUT2D eigenvalue weighted by Gasteiger charge is -2.27. The topological polar surface area (TPSA) is 32.3 Å². The van der Waals surface area contributed by atoms with Gasteiger partial charge >= 0.3 is 0 Å². The minimum atomic E-state index is 0.277. The van der Waals surface area contributed by atoms with Gasteiger partial charge in [-0.2, -0.15) is 0 Å². The van der Waals surface area contributed by atoms with Gasteiger partial charge < -0.3 is 10.2 Å². The first-order valence-corrected chi connectivity index (χ1v) is 6.17. The van der Waals surface area contributed by atoms with Crippen LogP contribution in [0.5, 0.6) is 0 Å². The minimum Gasteiger partial charge on any atom is -0.338 e. The zero-order valence-corrected chi connectivity index (χ0v) is 10.3. The van der Waals surface area contributed by atoms with Crippen LogP contribution in [0.15, 0.2) is 0 Å². The largest absolute Gasteiger partial charge is 0.338 e. The van der Waals surface area contributed by atoms with Crippen molar-refractivity contribution >= 4 is 5.91 Å². The molecule has 1 fully saturated rings. The van der Waals surface area contributed by atoms with Crippen molar-refractivity contribution < 1.29 is 4.79 Å². The van der Waals surface area contributed by atoms with E-state index in [9.17, 15) is 4.79 Å². The Hall–Kier alpha value is -0.570. The molecule has 15 heavy (non-hydrogen) atoms. The molecule has 88 valence electrons. The minimum absolute atomic E-state index is 0.277. The summed E-state index contributed by atoms with van der Waals surface area (Å²) in [5.41, 5.74) is 0. The molecule has 0 spiro atoms. The Morgan fingerprint density at radius 2 is 2.27 bits per heavy atom. The first-order chi connectivity index (χ1) is 7.16. The molecule has 1 unspecified atom stereocenters. The molecular formula is C12H24N2O. The highest BCUT2D eigenvalue weighted by molar-refractivity contribution is 5.78. The maximum Gasteiger partial charge on any atom is 0.236 e. The summed E-state index contributed by atoms with van der Waals surface area (Å²) in [6.45, 7) is 8.92. The predicted molar refractivity (Wildman–Crippen MR) is 62.7 cm³/mol. The number of carbonyl (C=O) groups is 1. The van der Waals surface area contributed by atoms with E-state index in [0.29, 0.717) is 18.5 Å². The molecule has 1 aliphatic rings. The lowest BCUT2D eigenvalue weighted by atomic mass is 10.0. The third-order valence-corrected chi connectivity index (χ3v) is 3.09. The molecular weight excluding hydrogens is 188 g/mol. The maximum absolute atomic E-state index is 11.9. The highest BCUT2D eigenvalue weighted by Crippen LogP contribution is 2.23. The van der Waals surface area contributed by atoms with Crippen LogP contribution in [-0.2, 0) is 4.79 Å². The smallest absolute Gasteiger partial charge is 0.236 e. The van der Waals surface area contributed by atoms with Crippen LogP contribution in [-0.4, -0.2) is 36.5 Å². The number of nitrogens with zero attached hydrogens (tertiary/aromatic N) is 1. The van der Waals surface area contributed by atoms with Crippen LogP contribution in [0.4, 0.5) is 0 Å². The van der Waals surface area contributed by atoms with Crippen molar-refractivity contribution in [1.29, 1.82) is 0 Å². The molecule has 0 radical (unpaired) electrons. The van der Waals surface area contributed by atoms with Crippen LogP contribution in [0.1, 0.15) is 40.0 Å². The lowest BCUT2D eigenvalue weighted by Crippen LogP contribution is -2.43. The van der Waals surface area contributed by atoms with Gasteiger partial charge in [0.1, 0.15) is 0 Å². The molecule has 0 aliphatic carbocycles. The summed E-state index contributed by atoms with van der Waals surface area (Å²) in [6, 6.07) is 0.473. The quantitative estimate of drug-likeness (QED) is 0.703. The van der Waals surface area contributed by atoms with Gasteiger partial charge in [0.2, 0.25) is 5.91 Å². The van der Waals surface area contributed by atoms with Gasteiger partial charge in [-0.1, -0.05) is 20.8 Å². The zero-order chi connectivity index (χ0) is 11.3. The Bertz CT molecular complexity index is 204. The number of carbonyl (C=O) groups excluding carboxylic acids is 1. The Morgan fingerprint density at radius 1 is 1.53 bits per heavy atom. The van der Waals surface area contributed by atoms with Crippen LogP contribution in [0.2, 0.25) is 0 Å². The van der Waals surface area contributed by atoms with Gasteiger partial charge in [-0.25, -0.2) is 0 Å². The van der Waals surface area contributed by atoms with Gasteiger partial charge in [-0.05, 0) is 31.7 Å². The molecule has 0 bridgehead atoms. The number of hydrogen-bond acceptors (Lipinski definition) is 2. The molecule has 1 rings (SSSR count). The second-order valence-electron chi connectivity index (χ2n) is 4.72. The molecule has 3 nitrogen and oxygen atoms in total. The zero-order valence-electron chi connectivity index (χ0n) is 10.3. The van der Waals surface area contributed by atoms with E-state index in [0.717, 1.165) is 19.5 Å². The summed E-state index contributed by atoms with van der Waals surface area (Å²) < 4.78 is 0. The Labute approximate surface area is 93.2 Å². The van der Waals surface area contributed by atoms with Crippen LogP contribution in [0.3, 0.4) is 0 Å². The van der Waals surface area contributed by atoms with E-state index in [2.05, 4.69) is 31.0 Å². The van der Waals surface area contributed by atoms with E-state index in [1.165, 1.54) is 12.8 Å². The van der Waals surface area contributed by atoms with Gasteiger partial charge in [-0.3, -0.25) is 4.79 Å². The molecule has 1 aliphatic heterocycles. The average molecular weight is 212 g/mol. The van der Waals surface area contributed by atoms with Crippen molar-refractivity contribution in [2.75, 3.05) is 19.6 Å². The first-order valence-electron chi connectivity index (χ1n) is 6.17. The summed E-state index contributed by atoms with van der Waals surface area (Å²) in [7, 11) is 0. The van der Waals surface area contributed by atoms with Crippen molar-refractivity contribution in [3.63, 3.8) is 0 Å². The summed E-state index contributed by atoms with van der Waals surface area (Å²) in [4.78, 5) is 14.0. The molecule has 3 heteroatoms. The normalized spacial score (nSPS) is 21.3. The molecule has 1 atom stereocenters. The fraction of sp³-hybridized carbons (Fsp3) is 0.917. The van der Waals surface area contributed by atoms with E-state index in [1.807, 2.05) is 0 Å². The van der Waals surface area contributed by atoms with Crippen molar-refractivity contribution in [3.8, 4) is 0 Å². The molecule has 0 aromatic rings. The molecule has 0 aromatic carbocycles. The lowest BCUT2D eigenvalue weighted by molar-refractivity contribution is -0.131. The summed E-state index contributed by atoms with van der Waals surface area (Å²) >= 11 is 0. The molecule has 1 heterocycles. The number of amides is 1. The van der Waals surface area contributed by atoms with Crippen molar-refractivity contribution in [2.45, 2.75) is 46.1 Å². The van der Waals surface area contributed by atoms with Crippen molar-refractivity contribution in [2.24, 2.45) is 5.92 Å². The maximum atomic E-state index is 11.9. The van der Waals surface area contributed by atoms with Crippen LogP contribution in [0.25, 0.3) is 0 Å². The van der Waals surface area contributed by atoms with E-state index < -0.39 is 0 Å². The van der Waals surface area contributed by atoms with E-state index in [1.54, 1.807) is 0 Å². The molecule has 0 aromatic heterocycles.